The van der Waals surface area contributed by atoms with E-state index >= 15 is 0 Å². The summed E-state index contributed by atoms with van der Waals surface area (Å²) in [6.07, 6.45) is 28.9. The molecule has 9 nitrogen and oxygen atoms in total. The number of benzene rings is 1. The monoisotopic (exact) mass is 614 g/mol. The average Bonchev–Trinajstić information content (AvgIpc) is 2.99. The molecule has 1 unspecified atom stereocenters. The van der Waals surface area contributed by atoms with Gasteiger partial charge in [-0.05, 0) is 75.3 Å². The van der Waals surface area contributed by atoms with Gasteiger partial charge in [0.25, 0.3) is 5.91 Å². The van der Waals surface area contributed by atoms with Gasteiger partial charge in [-0.2, -0.15) is 0 Å². The zero-order valence-corrected chi connectivity index (χ0v) is 26.0. The van der Waals surface area contributed by atoms with Gasteiger partial charge in [-0.25, -0.2) is 9.59 Å². The number of carboxylic acid groups (broad SMARTS) is 1. The Morgan fingerprint density at radius 1 is 0.907 bits per heavy atom. The van der Waals surface area contributed by atoms with Crippen molar-refractivity contribution in [3.8, 4) is 5.75 Å². The fourth-order valence-corrected chi connectivity index (χ4v) is 4.47. The minimum Gasteiger partial charge on any atom is -0.507 e. The Bertz CT molecular complexity index is 1110. The predicted octanol–water partition coefficient (Wildman–Crippen LogP) is 7.38. The molecule has 1 aromatic rings. The second-order valence-electron chi connectivity index (χ2n) is 9.23. The molecule has 1 atom stereocenters. The van der Waals surface area contributed by atoms with Crippen molar-refractivity contribution in [3.63, 3.8) is 0 Å². The number of hydrogen-bond donors (Lipinski definition) is 4. The lowest BCUT2D eigenvalue weighted by Gasteiger charge is -2.15. The van der Waals surface area contributed by atoms with E-state index in [0.29, 0.717) is 0 Å². The Balaban J connectivity index is 2.10. The van der Waals surface area contributed by atoms with Gasteiger partial charge in [0.2, 0.25) is 0 Å². The van der Waals surface area contributed by atoms with E-state index in [4.69, 9.17) is 14.6 Å². The number of thioether (sulfide) groups is 1. The van der Waals surface area contributed by atoms with E-state index in [9.17, 15) is 19.5 Å². The van der Waals surface area contributed by atoms with Gasteiger partial charge >= 0.3 is 12.1 Å². The molecule has 236 valence electrons. The highest BCUT2D eigenvalue weighted by atomic mass is 32.2. The average molecular weight is 615 g/mol. The highest BCUT2D eigenvalue weighted by Gasteiger charge is 2.17. The normalized spacial score (nSPS) is 12.6. The van der Waals surface area contributed by atoms with Crippen LogP contribution in [0.1, 0.15) is 68.6 Å². The number of aromatic carboxylic acids is 1. The van der Waals surface area contributed by atoms with Crippen molar-refractivity contribution < 1.29 is 34.1 Å². The Morgan fingerprint density at radius 3 is 2.09 bits per heavy atom. The number of rotatable bonds is 22. The van der Waals surface area contributed by atoms with E-state index in [1.54, 1.807) is 0 Å². The van der Waals surface area contributed by atoms with Crippen molar-refractivity contribution in [3.05, 3.63) is 84.5 Å². The third-order valence-corrected chi connectivity index (χ3v) is 6.96. The molecule has 1 rings (SSSR count). The molecule has 4 N–H and O–H groups in total. The number of carbonyl (C=O) groups excluding carboxylic acids is 2. The van der Waals surface area contributed by atoms with Crippen LogP contribution in [-0.2, 0) is 14.3 Å². The highest BCUT2D eigenvalue weighted by molar-refractivity contribution is 8.00. The quantitative estimate of drug-likeness (QED) is 0.0460. The van der Waals surface area contributed by atoms with Crippen LogP contribution in [0.15, 0.2) is 79.0 Å². The third-order valence-electron chi connectivity index (χ3n) is 5.73. The van der Waals surface area contributed by atoms with Gasteiger partial charge in [0, 0.05) is 12.8 Å². The summed E-state index contributed by atoms with van der Waals surface area (Å²) >= 11 is 1.42. The van der Waals surface area contributed by atoms with Crippen LogP contribution in [0.3, 0.4) is 0 Å². The number of methoxy groups -OCH3 is 1. The second-order valence-corrected chi connectivity index (χ2v) is 10.4. The lowest BCUT2D eigenvalue weighted by atomic mass is 10.2. The van der Waals surface area contributed by atoms with Gasteiger partial charge in [-0.1, -0.05) is 67.7 Å². The Kier molecular flexibility index (Phi) is 21.5. The fraction of sp³-hybridized carbons (Fsp3) is 0.424. The van der Waals surface area contributed by atoms with Gasteiger partial charge in [-0.3, -0.25) is 10.1 Å². The first-order valence-electron chi connectivity index (χ1n) is 14.6. The largest absolute Gasteiger partial charge is 0.507 e. The topological polar surface area (TPSA) is 134 Å². The number of anilines is 1. The van der Waals surface area contributed by atoms with E-state index in [2.05, 4.69) is 78.3 Å². The van der Waals surface area contributed by atoms with E-state index in [-0.39, 0.29) is 30.3 Å². The van der Waals surface area contributed by atoms with Crippen LogP contribution in [-0.4, -0.2) is 59.6 Å². The molecule has 0 aliphatic carbocycles. The molecule has 10 heteroatoms. The molecule has 0 aromatic heterocycles. The number of ether oxygens (including phenoxy) is 2. The Hall–Kier alpha value is -3.76. The van der Waals surface area contributed by atoms with E-state index < -0.39 is 23.2 Å². The molecular formula is C33H46N2O7S. The number of phenols is 1. The summed E-state index contributed by atoms with van der Waals surface area (Å²) in [5.74, 6) is -1.27. The zero-order valence-electron chi connectivity index (χ0n) is 25.2. The van der Waals surface area contributed by atoms with Crippen molar-refractivity contribution in [2.24, 2.45) is 0 Å². The minimum absolute atomic E-state index is 0.0875. The van der Waals surface area contributed by atoms with Crippen molar-refractivity contribution in [2.75, 3.05) is 31.3 Å². The van der Waals surface area contributed by atoms with Gasteiger partial charge in [-0.15, -0.1) is 11.8 Å². The maximum Gasteiger partial charge on any atom is 0.411 e. The van der Waals surface area contributed by atoms with Crippen LogP contribution < -0.4 is 10.6 Å². The van der Waals surface area contributed by atoms with Crippen LogP contribution in [0.2, 0.25) is 0 Å². The molecule has 1 aromatic carbocycles. The number of hydrogen-bond acceptors (Lipinski definition) is 7. The molecule has 0 saturated heterocycles. The predicted molar refractivity (Wildman–Crippen MR) is 175 cm³/mol. The number of carbonyl (C=O) groups is 3. The molecule has 0 fully saturated rings. The first-order chi connectivity index (χ1) is 20.9. The lowest BCUT2D eigenvalue weighted by molar-refractivity contribution is -0.126. The molecule has 0 bridgehead atoms. The molecular weight excluding hydrogens is 568 g/mol. The van der Waals surface area contributed by atoms with Crippen molar-refractivity contribution in [1.29, 1.82) is 0 Å². The SMILES string of the molecule is CC/C=C\C/C=C\C/C=C\C/C=C\C/C=C\CCCCSC(OC)C(=O)NCCOC(=O)Nc1ccc(O)c(C(=O)O)c1. The first-order valence-corrected chi connectivity index (χ1v) is 15.6. The smallest absolute Gasteiger partial charge is 0.411 e. The van der Waals surface area contributed by atoms with Crippen LogP contribution >= 0.6 is 11.8 Å². The van der Waals surface area contributed by atoms with Crippen LogP contribution in [0.25, 0.3) is 0 Å². The summed E-state index contributed by atoms with van der Waals surface area (Å²) in [7, 11) is 1.47. The maximum absolute atomic E-state index is 12.3. The van der Waals surface area contributed by atoms with Crippen molar-refractivity contribution >= 4 is 35.4 Å². The summed E-state index contributed by atoms with van der Waals surface area (Å²) in [6.45, 7) is 2.14. The van der Waals surface area contributed by atoms with Gasteiger partial charge in [0.1, 0.15) is 17.9 Å². The standard InChI is InChI=1S/C33H46N2O7S/c1-3-4-5-6-7-8-9-10-11-12-13-14-15-16-17-18-19-20-25-43-32(41-2)30(37)34-23-24-42-33(40)35-27-21-22-29(36)28(26-27)31(38)39/h4-5,7-8,10-11,13-14,16-17,21-22,26,32,36H,3,6,9,12,15,18-20,23-25H2,1-2H3,(H,34,37)(H,35,40)(H,38,39)/b5-4-,8-7-,11-10-,14-13-,17-16-. The van der Waals surface area contributed by atoms with Gasteiger partial charge < -0.3 is 25.0 Å². The summed E-state index contributed by atoms with van der Waals surface area (Å²) in [4.78, 5) is 35.3. The summed E-state index contributed by atoms with van der Waals surface area (Å²) in [5.41, 5.74) is -0.849. The van der Waals surface area contributed by atoms with E-state index in [1.807, 2.05) is 0 Å². The molecule has 0 heterocycles. The number of amides is 2. The fourth-order valence-electron chi connectivity index (χ4n) is 3.51. The molecule has 0 aliphatic heterocycles. The van der Waals surface area contributed by atoms with Gasteiger partial charge in [0.05, 0.1) is 6.54 Å². The maximum atomic E-state index is 12.3. The second kappa shape index (κ2) is 24.8. The molecule has 0 saturated carbocycles. The van der Waals surface area contributed by atoms with E-state index in [0.717, 1.165) is 69.3 Å². The Morgan fingerprint density at radius 2 is 1.51 bits per heavy atom. The number of aromatic hydroxyl groups is 1. The zero-order chi connectivity index (χ0) is 31.5. The van der Waals surface area contributed by atoms with Crippen molar-refractivity contribution in [2.45, 2.75) is 63.7 Å². The van der Waals surface area contributed by atoms with E-state index in [1.165, 1.54) is 24.9 Å². The lowest BCUT2D eigenvalue weighted by Crippen LogP contribution is -2.36. The summed E-state index contributed by atoms with van der Waals surface area (Å²) in [5, 5.41) is 23.6. The molecule has 0 aliphatic rings. The molecule has 43 heavy (non-hydrogen) atoms. The highest BCUT2D eigenvalue weighted by Crippen LogP contribution is 2.21. The Labute approximate surface area is 259 Å². The van der Waals surface area contributed by atoms with Gasteiger partial charge in [0.15, 0.2) is 5.44 Å². The molecule has 0 spiro atoms. The van der Waals surface area contributed by atoms with Crippen LogP contribution in [0, 0.1) is 0 Å². The minimum atomic E-state index is -1.33. The number of carboxylic acids is 1. The number of nitrogens with one attached hydrogen (secondary N) is 2. The molecule has 0 radical (unpaired) electrons. The van der Waals surface area contributed by atoms with Crippen molar-refractivity contribution in [1.82, 2.24) is 5.32 Å². The number of allylic oxidation sites excluding steroid dienone is 10. The third kappa shape index (κ3) is 19.1. The molecule has 2 amide bonds. The first kappa shape index (κ1) is 37.3. The van der Waals surface area contributed by atoms with Crippen LogP contribution in [0.5, 0.6) is 5.75 Å². The summed E-state index contributed by atoms with van der Waals surface area (Å²) < 4.78 is 10.3. The van der Waals surface area contributed by atoms with Crippen LogP contribution in [0.4, 0.5) is 10.5 Å². The number of unbranched alkanes of at least 4 members (excludes halogenated alkanes) is 2. The summed E-state index contributed by atoms with van der Waals surface area (Å²) in [6, 6.07) is 3.62.